The average molecular weight is 397 g/mol. The minimum atomic E-state index is -0.768. The normalized spacial score (nSPS) is 21.8. The lowest BCUT2D eigenvalue weighted by atomic mass is 10.0. The predicted molar refractivity (Wildman–Crippen MR) is 96.0 cm³/mol. The standard InChI is InChI=1S/C17H17ClN2O5S/c1-24-25-17(23)14-11(8-18)9-26-16-13(15(22)20(14)16)19-12(21)7-10-5-3-2-4-6-10/h2-6,13,16H,7-9H2,1H3,(H,19,21). The molecule has 1 aromatic carbocycles. The predicted octanol–water partition coefficient (Wildman–Crippen LogP) is 1.23. The molecule has 0 spiro atoms. The van der Waals surface area contributed by atoms with Crippen molar-refractivity contribution in [2.75, 3.05) is 18.7 Å². The first kappa shape index (κ1) is 18.8. The lowest BCUT2D eigenvalue weighted by Crippen LogP contribution is -2.70. The molecule has 2 heterocycles. The number of amides is 2. The van der Waals surface area contributed by atoms with E-state index in [-0.39, 0.29) is 35.2 Å². The maximum atomic E-state index is 12.5. The third-order valence-electron chi connectivity index (χ3n) is 4.08. The SMILES string of the molecule is COOC(=O)C1=C(CCl)CSC2C(NC(=O)Cc3ccccc3)C(=O)N12. The van der Waals surface area contributed by atoms with E-state index < -0.39 is 12.0 Å². The molecule has 2 atom stereocenters. The number of rotatable bonds is 6. The van der Waals surface area contributed by atoms with Gasteiger partial charge in [0, 0.05) is 11.6 Å². The number of hydrogen-bond acceptors (Lipinski definition) is 6. The van der Waals surface area contributed by atoms with Crippen molar-refractivity contribution in [2.24, 2.45) is 0 Å². The van der Waals surface area contributed by atoms with Crippen molar-refractivity contribution in [3.63, 3.8) is 0 Å². The molecule has 2 unspecified atom stereocenters. The largest absolute Gasteiger partial charge is 0.389 e. The highest BCUT2D eigenvalue weighted by molar-refractivity contribution is 8.00. The van der Waals surface area contributed by atoms with Gasteiger partial charge in [-0.15, -0.1) is 23.4 Å². The number of carbonyl (C=O) groups excluding carboxylic acids is 3. The number of nitrogens with zero attached hydrogens (tertiary/aromatic N) is 1. The fraction of sp³-hybridized carbons (Fsp3) is 0.353. The number of β-lactam (4-membered cyclic amide) rings is 1. The summed E-state index contributed by atoms with van der Waals surface area (Å²) in [4.78, 5) is 47.2. The fourth-order valence-corrected chi connectivity index (χ4v) is 4.57. The van der Waals surface area contributed by atoms with Gasteiger partial charge in [0.1, 0.15) is 17.1 Å². The first-order chi connectivity index (χ1) is 12.6. The molecule has 1 N–H and O–H groups in total. The molecule has 1 saturated heterocycles. The molecule has 2 amide bonds. The highest BCUT2D eigenvalue weighted by atomic mass is 35.5. The van der Waals surface area contributed by atoms with Gasteiger partial charge in [-0.25, -0.2) is 4.79 Å². The van der Waals surface area contributed by atoms with Crippen molar-refractivity contribution in [3.8, 4) is 0 Å². The van der Waals surface area contributed by atoms with Crippen LogP contribution in [0.4, 0.5) is 0 Å². The molecule has 2 aliphatic heterocycles. The summed E-state index contributed by atoms with van der Waals surface area (Å²) in [6.07, 6.45) is 0.184. The molecule has 7 nitrogen and oxygen atoms in total. The first-order valence-electron chi connectivity index (χ1n) is 7.87. The Morgan fingerprint density at radius 1 is 1.35 bits per heavy atom. The van der Waals surface area contributed by atoms with Crippen LogP contribution in [0.3, 0.4) is 0 Å². The molecule has 3 rings (SSSR count). The Morgan fingerprint density at radius 3 is 2.73 bits per heavy atom. The maximum absolute atomic E-state index is 12.5. The number of alkyl halides is 1. The van der Waals surface area contributed by atoms with Crippen molar-refractivity contribution >= 4 is 41.1 Å². The van der Waals surface area contributed by atoms with Crippen molar-refractivity contribution in [2.45, 2.75) is 17.8 Å². The van der Waals surface area contributed by atoms with Crippen molar-refractivity contribution in [1.82, 2.24) is 10.2 Å². The Labute approximate surface area is 159 Å². The van der Waals surface area contributed by atoms with E-state index in [9.17, 15) is 14.4 Å². The summed E-state index contributed by atoms with van der Waals surface area (Å²) in [6, 6.07) is 8.58. The minimum Gasteiger partial charge on any atom is -0.341 e. The average Bonchev–Trinajstić information content (AvgIpc) is 2.65. The topological polar surface area (TPSA) is 84.9 Å². The molecule has 0 aliphatic carbocycles. The second-order valence-corrected chi connectivity index (χ2v) is 7.11. The fourth-order valence-electron chi connectivity index (χ4n) is 2.90. The summed E-state index contributed by atoms with van der Waals surface area (Å²) >= 11 is 7.33. The summed E-state index contributed by atoms with van der Waals surface area (Å²) in [5, 5.41) is 2.38. The van der Waals surface area contributed by atoms with Crippen molar-refractivity contribution in [3.05, 3.63) is 47.2 Å². The lowest BCUT2D eigenvalue weighted by molar-refractivity contribution is -0.252. The number of thioether (sulfide) groups is 1. The van der Waals surface area contributed by atoms with Gasteiger partial charge in [-0.3, -0.25) is 19.4 Å². The summed E-state index contributed by atoms with van der Waals surface area (Å²) in [6.45, 7) is 0. The van der Waals surface area contributed by atoms with E-state index in [1.165, 1.54) is 23.8 Å². The zero-order valence-corrected chi connectivity index (χ0v) is 15.5. The lowest BCUT2D eigenvalue weighted by Gasteiger charge is -2.49. The molecule has 138 valence electrons. The Kier molecular flexibility index (Phi) is 5.85. The third-order valence-corrected chi connectivity index (χ3v) is 5.75. The number of fused-ring (bicyclic) bond motifs is 1. The number of carbonyl (C=O) groups is 3. The van der Waals surface area contributed by atoms with Crippen LogP contribution in [0, 0.1) is 0 Å². The summed E-state index contributed by atoms with van der Waals surface area (Å²) in [7, 11) is 1.21. The van der Waals surface area contributed by atoms with Crippen LogP contribution in [0.1, 0.15) is 5.56 Å². The molecular formula is C17H17ClN2O5S. The van der Waals surface area contributed by atoms with Crippen LogP contribution in [-0.2, 0) is 30.6 Å². The quantitative estimate of drug-likeness (QED) is 0.337. The Hall–Kier alpha value is -2.03. The first-order valence-corrected chi connectivity index (χ1v) is 9.46. The monoisotopic (exact) mass is 396 g/mol. The Balaban J connectivity index is 1.69. The summed E-state index contributed by atoms with van der Waals surface area (Å²) in [5.74, 6) is -0.812. The van der Waals surface area contributed by atoms with E-state index in [1.807, 2.05) is 30.3 Å². The van der Waals surface area contributed by atoms with Crippen LogP contribution in [0.5, 0.6) is 0 Å². The van der Waals surface area contributed by atoms with Crippen molar-refractivity contribution in [1.29, 1.82) is 0 Å². The molecule has 26 heavy (non-hydrogen) atoms. The smallest absolute Gasteiger partial charge is 0.341 e. The highest BCUT2D eigenvalue weighted by Gasteiger charge is 2.54. The summed E-state index contributed by atoms with van der Waals surface area (Å²) in [5.41, 5.74) is 1.56. The second kappa shape index (κ2) is 8.11. The molecule has 9 heteroatoms. The Morgan fingerprint density at radius 2 is 2.08 bits per heavy atom. The molecule has 0 radical (unpaired) electrons. The van der Waals surface area contributed by atoms with Gasteiger partial charge in [-0.1, -0.05) is 30.3 Å². The third kappa shape index (κ3) is 3.58. The highest BCUT2D eigenvalue weighted by Crippen LogP contribution is 2.40. The molecule has 1 fully saturated rings. The van der Waals surface area contributed by atoms with Gasteiger partial charge < -0.3 is 5.32 Å². The van der Waals surface area contributed by atoms with Gasteiger partial charge in [0.05, 0.1) is 13.5 Å². The van der Waals surface area contributed by atoms with Gasteiger partial charge in [-0.2, -0.15) is 4.89 Å². The zero-order valence-electron chi connectivity index (χ0n) is 13.9. The number of benzene rings is 1. The number of halogens is 1. The van der Waals surface area contributed by atoms with Crippen LogP contribution in [-0.4, -0.2) is 52.8 Å². The molecule has 1 aromatic rings. The van der Waals surface area contributed by atoms with Crippen molar-refractivity contribution < 1.29 is 24.2 Å². The Bertz CT molecular complexity index is 755. The van der Waals surface area contributed by atoms with Crippen LogP contribution in [0.15, 0.2) is 41.6 Å². The van der Waals surface area contributed by atoms with Gasteiger partial charge in [-0.05, 0) is 11.1 Å². The second-order valence-electron chi connectivity index (χ2n) is 5.74. The maximum Gasteiger partial charge on any atom is 0.389 e. The van der Waals surface area contributed by atoms with E-state index in [4.69, 9.17) is 11.6 Å². The van der Waals surface area contributed by atoms with Crippen LogP contribution in [0.2, 0.25) is 0 Å². The van der Waals surface area contributed by atoms with Gasteiger partial charge in [0.25, 0.3) is 5.91 Å². The summed E-state index contributed by atoms with van der Waals surface area (Å²) < 4.78 is 0. The van der Waals surface area contributed by atoms with Gasteiger partial charge in [0.15, 0.2) is 0 Å². The van der Waals surface area contributed by atoms with E-state index in [1.54, 1.807) is 0 Å². The molecule has 0 aromatic heterocycles. The number of nitrogens with one attached hydrogen (secondary N) is 1. The van der Waals surface area contributed by atoms with E-state index in [0.717, 1.165) is 5.56 Å². The van der Waals surface area contributed by atoms with Crippen LogP contribution in [0.25, 0.3) is 0 Å². The molecule has 0 saturated carbocycles. The van der Waals surface area contributed by atoms with Gasteiger partial charge >= 0.3 is 5.97 Å². The van der Waals surface area contributed by atoms with Crippen LogP contribution >= 0.6 is 23.4 Å². The zero-order chi connectivity index (χ0) is 18.7. The van der Waals surface area contributed by atoms with Gasteiger partial charge in [0.2, 0.25) is 5.91 Å². The molecule has 0 bridgehead atoms. The molecular weight excluding hydrogens is 380 g/mol. The number of hydrogen-bond donors (Lipinski definition) is 1. The minimum absolute atomic E-state index is 0.0999. The van der Waals surface area contributed by atoms with E-state index in [0.29, 0.717) is 11.3 Å². The van der Waals surface area contributed by atoms with Crippen LogP contribution < -0.4 is 5.32 Å². The van der Waals surface area contributed by atoms with E-state index in [2.05, 4.69) is 15.1 Å². The van der Waals surface area contributed by atoms with E-state index >= 15 is 0 Å². The molecule has 2 aliphatic rings.